The number of amides is 2. The molecule has 2 atom stereocenters. The van der Waals surface area contributed by atoms with Gasteiger partial charge in [0, 0.05) is 27.2 Å². The first-order valence-corrected chi connectivity index (χ1v) is 10.2. The summed E-state index contributed by atoms with van der Waals surface area (Å²) in [5.74, 6) is 0.356. The molecule has 2 N–H and O–H groups in total. The molecule has 180 valence electrons. The van der Waals surface area contributed by atoms with Crippen LogP contribution in [0.4, 0.5) is 4.79 Å². The first-order chi connectivity index (χ1) is 13.6. The van der Waals surface area contributed by atoms with Crippen LogP contribution in [0.1, 0.15) is 48.5 Å². The zero-order valence-corrected chi connectivity index (χ0v) is 22.7. The molecule has 0 bridgehead atoms. The second-order valence-electron chi connectivity index (χ2n) is 9.33. The summed E-state index contributed by atoms with van der Waals surface area (Å²) in [6.07, 6.45) is -0.648. The van der Waals surface area contributed by atoms with E-state index in [0.29, 0.717) is 19.0 Å². The van der Waals surface area contributed by atoms with Crippen molar-refractivity contribution in [3.63, 3.8) is 0 Å². The second-order valence-corrected chi connectivity index (χ2v) is 9.33. The van der Waals surface area contributed by atoms with Crippen LogP contribution in [0.3, 0.4) is 0 Å². The lowest BCUT2D eigenvalue weighted by atomic mass is 10.1. The van der Waals surface area contributed by atoms with Crippen molar-refractivity contribution in [2.75, 3.05) is 33.7 Å². The monoisotopic (exact) mass is 553 g/mol. The van der Waals surface area contributed by atoms with Crippen molar-refractivity contribution in [1.82, 2.24) is 20.4 Å². The zero-order valence-electron chi connectivity index (χ0n) is 20.4. The van der Waals surface area contributed by atoms with Crippen LogP contribution in [0.2, 0.25) is 0 Å². The molecule has 1 aliphatic heterocycles. The summed E-state index contributed by atoms with van der Waals surface area (Å²) in [5.41, 5.74) is -0.492. The highest BCUT2D eigenvalue weighted by Gasteiger charge is 2.49. The summed E-state index contributed by atoms with van der Waals surface area (Å²) in [5, 5.41) is 6.37. The number of nitrogens with one attached hydrogen (secondary N) is 2. The maximum Gasteiger partial charge on any atom is 0.412 e. The van der Waals surface area contributed by atoms with Crippen molar-refractivity contribution in [3.05, 3.63) is 12.2 Å². The quantitative estimate of drug-likeness (QED) is 0.227. The molecule has 0 spiro atoms. The number of halogens is 1. The Morgan fingerprint density at radius 2 is 1.84 bits per heavy atom. The average Bonchev–Trinajstić information content (AvgIpc) is 2.79. The van der Waals surface area contributed by atoms with Gasteiger partial charge < -0.3 is 25.0 Å². The fourth-order valence-corrected chi connectivity index (χ4v) is 3.02. The lowest BCUT2D eigenvalue weighted by molar-refractivity contribution is -0.127. The van der Waals surface area contributed by atoms with E-state index in [4.69, 9.17) is 9.47 Å². The van der Waals surface area contributed by atoms with Crippen molar-refractivity contribution in [1.29, 1.82) is 0 Å². The Hall–Kier alpha value is -1.56. The largest absolute Gasteiger partial charge is 0.444 e. The van der Waals surface area contributed by atoms with Crippen molar-refractivity contribution in [2.24, 2.45) is 4.99 Å². The van der Waals surface area contributed by atoms with E-state index in [1.54, 1.807) is 19.0 Å². The standard InChI is InChI=1S/C21H39N5O4.HI/c1-14(2)11-22-18(24-13-17(27)25(9)10)23-12-16-15(3)29-21(7,8)26(16)19(28)30-20(4,5)6;/h15-16H,1,11-13H2,2-10H3,(H2,22,23,24);1H. The molecular weight excluding hydrogens is 513 g/mol. The lowest BCUT2D eigenvalue weighted by Crippen LogP contribution is -2.54. The van der Waals surface area contributed by atoms with Gasteiger partial charge in [-0.1, -0.05) is 12.2 Å². The number of rotatable bonds is 6. The summed E-state index contributed by atoms with van der Waals surface area (Å²) in [6.45, 7) is 17.8. The third kappa shape index (κ3) is 9.63. The number of aliphatic imine (C=N–C) groups is 1. The molecule has 1 saturated heterocycles. The number of carbonyl (C=O) groups excluding carboxylic acids is 2. The van der Waals surface area contributed by atoms with Crippen molar-refractivity contribution in [2.45, 2.75) is 71.9 Å². The van der Waals surface area contributed by atoms with E-state index in [9.17, 15) is 9.59 Å². The van der Waals surface area contributed by atoms with Gasteiger partial charge >= 0.3 is 6.09 Å². The van der Waals surface area contributed by atoms with E-state index >= 15 is 0 Å². The minimum Gasteiger partial charge on any atom is -0.444 e. The number of nitrogens with zero attached hydrogens (tertiary/aromatic N) is 3. The molecule has 1 heterocycles. The van der Waals surface area contributed by atoms with Gasteiger partial charge in [0.15, 0.2) is 5.96 Å². The number of carbonyl (C=O) groups is 2. The molecular formula is C21H40IN5O4. The van der Waals surface area contributed by atoms with Crippen molar-refractivity contribution >= 4 is 41.9 Å². The Labute approximate surface area is 204 Å². The summed E-state index contributed by atoms with van der Waals surface area (Å²) in [4.78, 5) is 32.2. The predicted octanol–water partition coefficient (Wildman–Crippen LogP) is 2.56. The third-order valence-corrected chi connectivity index (χ3v) is 4.43. The minimum atomic E-state index is -0.808. The van der Waals surface area contributed by atoms with Crippen LogP contribution >= 0.6 is 24.0 Å². The SMILES string of the molecule is C=C(C)CNC(=NCC(=O)N(C)C)NCC1C(C)OC(C)(C)N1C(=O)OC(C)(C)C.I. The molecule has 1 fully saturated rings. The first-order valence-electron chi connectivity index (χ1n) is 10.2. The normalized spacial score (nSPS) is 20.5. The second kappa shape index (κ2) is 11.9. The minimum absolute atomic E-state index is 0. The number of hydrogen-bond acceptors (Lipinski definition) is 5. The maximum absolute atomic E-state index is 12.9. The summed E-state index contributed by atoms with van der Waals surface area (Å²) >= 11 is 0. The summed E-state index contributed by atoms with van der Waals surface area (Å²) in [7, 11) is 3.37. The molecule has 1 aliphatic rings. The Morgan fingerprint density at radius 1 is 1.26 bits per heavy atom. The van der Waals surface area contributed by atoms with Crippen LogP contribution in [0, 0.1) is 0 Å². The number of likely N-dealkylation sites (N-methyl/N-ethyl adjacent to an activating group) is 1. The topological polar surface area (TPSA) is 95.5 Å². The average molecular weight is 553 g/mol. The Morgan fingerprint density at radius 3 is 2.32 bits per heavy atom. The van der Waals surface area contributed by atoms with Crippen LogP contribution in [-0.2, 0) is 14.3 Å². The van der Waals surface area contributed by atoms with Gasteiger partial charge in [-0.3, -0.25) is 9.69 Å². The van der Waals surface area contributed by atoms with Crippen LogP contribution in [0.5, 0.6) is 0 Å². The molecule has 0 radical (unpaired) electrons. The van der Waals surface area contributed by atoms with Gasteiger partial charge in [-0.15, -0.1) is 24.0 Å². The highest BCUT2D eigenvalue weighted by atomic mass is 127. The Kier molecular flexibility index (Phi) is 11.3. The van der Waals surface area contributed by atoms with E-state index in [1.165, 1.54) is 4.90 Å². The number of ether oxygens (including phenoxy) is 2. The fraction of sp³-hybridized carbons (Fsp3) is 0.762. The fourth-order valence-electron chi connectivity index (χ4n) is 3.02. The molecule has 0 saturated carbocycles. The maximum atomic E-state index is 12.9. The molecule has 31 heavy (non-hydrogen) atoms. The van der Waals surface area contributed by atoms with Gasteiger partial charge in [0.2, 0.25) is 5.91 Å². The van der Waals surface area contributed by atoms with Crippen LogP contribution < -0.4 is 10.6 Å². The molecule has 9 nitrogen and oxygen atoms in total. The molecule has 2 unspecified atom stereocenters. The Bertz CT molecular complexity index is 673. The van der Waals surface area contributed by atoms with Crippen molar-refractivity contribution in [3.8, 4) is 0 Å². The smallest absolute Gasteiger partial charge is 0.412 e. The first kappa shape index (κ1) is 29.4. The van der Waals surface area contributed by atoms with Crippen molar-refractivity contribution < 1.29 is 19.1 Å². The van der Waals surface area contributed by atoms with Crippen LogP contribution in [-0.4, -0.2) is 85.0 Å². The van der Waals surface area contributed by atoms with E-state index in [0.717, 1.165) is 5.57 Å². The molecule has 1 rings (SSSR count). The highest BCUT2D eigenvalue weighted by Crippen LogP contribution is 2.33. The molecule has 2 amide bonds. The van der Waals surface area contributed by atoms with E-state index in [2.05, 4.69) is 22.2 Å². The molecule has 0 aromatic rings. The van der Waals surface area contributed by atoms with Gasteiger partial charge in [-0.2, -0.15) is 0 Å². The van der Waals surface area contributed by atoms with Gasteiger partial charge in [0.1, 0.15) is 17.9 Å². The number of guanidine groups is 1. The predicted molar refractivity (Wildman–Crippen MR) is 134 cm³/mol. The van der Waals surface area contributed by atoms with Gasteiger partial charge in [0.05, 0.1) is 12.1 Å². The molecule has 0 aromatic heterocycles. The molecule has 10 heteroatoms. The highest BCUT2D eigenvalue weighted by molar-refractivity contribution is 14.0. The lowest BCUT2D eigenvalue weighted by Gasteiger charge is -2.35. The summed E-state index contributed by atoms with van der Waals surface area (Å²) in [6, 6.07) is -0.281. The molecule has 0 aromatic carbocycles. The van der Waals surface area contributed by atoms with Gasteiger partial charge in [-0.05, 0) is 48.5 Å². The van der Waals surface area contributed by atoms with Crippen LogP contribution in [0.15, 0.2) is 17.1 Å². The van der Waals surface area contributed by atoms with Crippen LogP contribution in [0.25, 0.3) is 0 Å². The Balaban J connectivity index is 0.00000900. The zero-order chi connectivity index (χ0) is 23.3. The van der Waals surface area contributed by atoms with E-state index < -0.39 is 17.4 Å². The number of hydrogen-bond donors (Lipinski definition) is 2. The summed E-state index contributed by atoms with van der Waals surface area (Å²) < 4.78 is 11.6. The van der Waals surface area contributed by atoms with E-state index in [-0.39, 0.29) is 48.6 Å². The van der Waals surface area contributed by atoms with E-state index in [1.807, 2.05) is 48.5 Å². The third-order valence-electron chi connectivity index (χ3n) is 4.43. The van der Waals surface area contributed by atoms with Gasteiger partial charge in [-0.25, -0.2) is 9.79 Å². The molecule has 0 aliphatic carbocycles. The van der Waals surface area contributed by atoms with Gasteiger partial charge in [0.25, 0.3) is 0 Å².